The van der Waals surface area contributed by atoms with E-state index < -0.39 is 0 Å². The third kappa shape index (κ3) is 5.45. The van der Waals surface area contributed by atoms with Crippen LogP contribution in [0.15, 0.2) is 28.8 Å². The molecule has 0 aliphatic carbocycles. The Hall–Kier alpha value is -2.08. The summed E-state index contributed by atoms with van der Waals surface area (Å²) in [7, 11) is 0. The number of aryl methyl sites for hydroxylation is 1. The Labute approximate surface area is 164 Å². The molecule has 0 bridgehead atoms. The largest absolute Gasteiger partial charge is 0.492 e. The summed E-state index contributed by atoms with van der Waals surface area (Å²) in [5, 5.41) is 4.55. The molecule has 0 radical (unpaired) electrons. The van der Waals surface area contributed by atoms with Gasteiger partial charge in [-0.05, 0) is 25.0 Å². The van der Waals surface area contributed by atoms with E-state index in [2.05, 4.69) is 10.1 Å². The second-order valence-electron chi connectivity index (χ2n) is 7.29. The molecule has 2 aromatic rings. The molecule has 1 aromatic heterocycles. The SMILES string of the molecule is CC(C)c1noc(CCC(=O)N2CCCC(COc3ccccc3Cl)C2)n1. The number of nitrogens with zero attached hydrogens (tertiary/aromatic N) is 3. The maximum atomic E-state index is 12.6. The molecule has 1 aliphatic rings. The number of aromatic nitrogens is 2. The molecule has 2 heterocycles. The molecule has 0 N–H and O–H groups in total. The smallest absolute Gasteiger partial charge is 0.227 e. The van der Waals surface area contributed by atoms with Gasteiger partial charge in [-0.15, -0.1) is 0 Å². The highest BCUT2D eigenvalue weighted by Gasteiger charge is 2.24. The van der Waals surface area contributed by atoms with Gasteiger partial charge in [-0.1, -0.05) is 42.7 Å². The highest BCUT2D eigenvalue weighted by Crippen LogP contribution is 2.25. The lowest BCUT2D eigenvalue weighted by molar-refractivity contribution is -0.133. The predicted octanol–water partition coefficient (Wildman–Crippen LogP) is 4.10. The molecule has 1 aromatic carbocycles. The van der Waals surface area contributed by atoms with E-state index in [1.165, 1.54) is 0 Å². The predicted molar refractivity (Wildman–Crippen MR) is 103 cm³/mol. The molecule has 0 saturated carbocycles. The number of ether oxygens (including phenoxy) is 1. The monoisotopic (exact) mass is 391 g/mol. The van der Waals surface area contributed by atoms with Crippen LogP contribution in [0.5, 0.6) is 5.75 Å². The molecule has 1 fully saturated rings. The quantitative estimate of drug-likeness (QED) is 0.710. The van der Waals surface area contributed by atoms with Gasteiger partial charge in [0.05, 0.1) is 11.6 Å². The summed E-state index contributed by atoms with van der Waals surface area (Å²) in [5.41, 5.74) is 0. The van der Waals surface area contributed by atoms with Crippen LogP contribution in [0, 0.1) is 5.92 Å². The number of halogens is 1. The summed E-state index contributed by atoms with van der Waals surface area (Å²) >= 11 is 6.13. The van der Waals surface area contributed by atoms with E-state index in [4.69, 9.17) is 20.9 Å². The number of piperidine rings is 1. The Kier molecular flexibility index (Phi) is 6.72. The highest BCUT2D eigenvalue weighted by molar-refractivity contribution is 6.32. The first kappa shape index (κ1) is 19.7. The van der Waals surface area contributed by atoms with Gasteiger partial charge >= 0.3 is 0 Å². The van der Waals surface area contributed by atoms with Gasteiger partial charge in [0.2, 0.25) is 11.8 Å². The van der Waals surface area contributed by atoms with Gasteiger partial charge in [-0.25, -0.2) is 0 Å². The Morgan fingerprint density at radius 1 is 1.41 bits per heavy atom. The number of hydrogen-bond donors (Lipinski definition) is 0. The van der Waals surface area contributed by atoms with Crippen LogP contribution in [-0.4, -0.2) is 40.6 Å². The van der Waals surface area contributed by atoms with Crippen LogP contribution in [0.2, 0.25) is 5.02 Å². The van der Waals surface area contributed by atoms with E-state index in [0.29, 0.717) is 54.4 Å². The van der Waals surface area contributed by atoms with Gasteiger partial charge in [0.15, 0.2) is 5.82 Å². The van der Waals surface area contributed by atoms with Crippen LogP contribution in [0.1, 0.15) is 50.7 Å². The van der Waals surface area contributed by atoms with Crippen molar-refractivity contribution in [3.63, 3.8) is 0 Å². The van der Waals surface area contributed by atoms with E-state index in [9.17, 15) is 4.79 Å². The highest BCUT2D eigenvalue weighted by atomic mass is 35.5. The summed E-state index contributed by atoms with van der Waals surface area (Å²) in [6.07, 6.45) is 2.91. The second kappa shape index (κ2) is 9.22. The number of para-hydroxylation sites is 1. The molecular formula is C20H26ClN3O3. The lowest BCUT2D eigenvalue weighted by atomic mass is 9.98. The Balaban J connectivity index is 1.46. The summed E-state index contributed by atoms with van der Waals surface area (Å²) in [4.78, 5) is 18.8. The number of benzene rings is 1. The van der Waals surface area contributed by atoms with Crippen LogP contribution in [0.3, 0.4) is 0 Å². The molecule has 1 amide bonds. The Bertz CT molecular complexity index is 762. The van der Waals surface area contributed by atoms with Gasteiger partial charge in [0.25, 0.3) is 0 Å². The minimum atomic E-state index is 0.127. The minimum absolute atomic E-state index is 0.127. The molecule has 0 spiro atoms. The molecule has 6 nitrogen and oxygen atoms in total. The average Bonchev–Trinajstić information content (AvgIpc) is 3.15. The fraction of sp³-hybridized carbons (Fsp3) is 0.550. The molecule has 27 heavy (non-hydrogen) atoms. The molecule has 7 heteroatoms. The van der Waals surface area contributed by atoms with Crippen LogP contribution in [-0.2, 0) is 11.2 Å². The maximum Gasteiger partial charge on any atom is 0.227 e. The van der Waals surface area contributed by atoms with E-state index in [-0.39, 0.29) is 11.8 Å². The van der Waals surface area contributed by atoms with Crippen molar-refractivity contribution in [1.82, 2.24) is 15.0 Å². The molecule has 146 valence electrons. The zero-order valence-electron chi connectivity index (χ0n) is 15.9. The second-order valence-corrected chi connectivity index (χ2v) is 7.70. The Morgan fingerprint density at radius 2 is 2.22 bits per heavy atom. The van der Waals surface area contributed by atoms with Crippen molar-refractivity contribution >= 4 is 17.5 Å². The van der Waals surface area contributed by atoms with Gasteiger partial charge in [-0.3, -0.25) is 4.79 Å². The standard InChI is InChI=1S/C20H26ClN3O3/c1-14(2)20-22-18(27-23-20)9-10-19(25)24-11-5-6-15(12-24)13-26-17-8-4-3-7-16(17)21/h3-4,7-8,14-15H,5-6,9-13H2,1-2H3. The zero-order valence-corrected chi connectivity index (χ0v) is 16.6. The maximum absolute atomic E-state index is 12.6. The van der Waals surface area contributed by atoms with E-state index >= 15 is 0 Å². The summed E-state index contributed by atoms with van der Waals surface area (Å²) in [6.45, 7) is 6.10. The van der Waals surface area contributed by atoms with Crippen molar-refractivity contribution in [1.29, 1.82) is 0 Å². The van der Waals surface area contributed by atoms with Gasteiger partial charge in [-0.2, -0.15) is 4.98 Å². The zero-order chi connectivity index (χ0) is 19.2. The van der Waals surface area contributed by atoms with Gasteiger partial charge in [0, 0.05) is 37.8 Å². The Morgan fingerprint density at radius 3 is 2.96 bits per heavy atom. The van der Waals surface area contributed by atoms with Crippen molar-refractivity contribution in [3.05, 3.63) is 41.0 Å². The third-order valence-corrected chi connectivity index (χ3v) is 5.05. The number of hydrogen-bond acceptors (Lipinski definition) is 5. The molecule has 1 unspecified atom stereocenters. The average molecular weight is 392 g/mol. The summed E-state index contributed by atoms with van der Waals surface area (Å²) < 4.78 is 11.1. The fourth-order valence-electron chi connectivity index (χ4n) is 3.17. The van der Waals surface area contributed by atoms with Gasteiger partial charge < -0.3 is 14.2 Å². The van der Waals surface area contributed by atoms with E-state index in [1.807, 2.05) is 43.0 Å². The third-order valence-electron chi connectivity index (χ3n) is 4.74. The van der Waals surface area contributed by atoms with Crippen molar-refractivity contribution < 1.29 is 14.1 Å². The number of rotatable bonds is 7. The number of carbonyl (C=O) groups is 1. The molecule has 3 rings (SSSR count). The van der Waals surface area contributed by atoms with Crippen molar-refractivity contribution in [2.45, 2.75) is 45.4 Å². The van der Waals surface area contributed by atoms with Crippen LogP contribution < -0.4 is 4.74 Å². The number of carbonyl (C=O) groups excluding carboxylic acids is 1. The molecule has 1 atom stereocenters. The first-order chi connectivity index (χ1) is 13.0. The number of likely N-dealkylation sites (tertiary alicyclic amines) is 1. The molecular weight excluding hydrogens is 366 g/mol. The van der Waals surface area contributed by atoms with E-state index in [1.54, 1.807) is 0 Å². The lowest BCUT2D eigenvalue weighted by Gasteiger charge is -2.32. The van der Waals surface area contributed by atoms with Crippen LogP contribution in [0.4, 0.5) is 0 Å². The normalized spacial score (nSPS) is 17.3. The van der Waals surface area contributed by atoms with Crippen LogP contribution in [0.25, 0.3) is 0 Å². The number of amides is 1. The lowest BCUT2D eigenvalue weighted by Crippen LogP contribution is -2.41. The summed E-state index contributed by atoms with van der Waals surface area (Å²) in [6, 6.07) is 7.46. The van der Waals surface area contributed by atoms with Crippen molar-refractivity contribution in [2.24, 2.45) is 5.92 Å². The van der Waals surface area contributed by atoms with Crippen LogP contribution >= 0.6 is 11.6 Å². The summed E-state index contributed by atoms with van der Waals surface area (Å²) in [5.74, 6) is 2.57. The first-order valence-electron chi connectivity index (χ1n) is 9.50. The van der Waals surface area contributed by atoms with Crippen molar-refractivity contribution in [2.75, 3.05) is 19.7 Å². The molecule has 1 saturated heterocycles. The fourth-order valence-corrected chi connectivity index (χ4v) is 3.36. The van der Waals surface area contributed by atoms with Crippen molar-refractivity contribution in [3.8, 4) is 5.75 Å². The first-order valence-corrected chi connectivity index (χ1v) is 9.88. The van der Waals surface area contributed by atoms with Gasteiger partial charge in [0.1, 0.15) is 5.75 Å². The minimum Gasteiger partial charge on any atom is -0.492 e. The van der Waals surface area contributed by atoms with E-state index in [0.717, 1.165) is 19.4 Å². The molecule has 1 aliphatic heterocycles. The topological polar surface area (TPSA) is 68.5 Å².